The summed E-state index contributed by atoms with van der Waals surface area (Å²) in [6, 6.07) is 16.6. The van der Waals surface area contributed by atoms with E-state index in [0.717, 1.165) is 120 Å². The number of phenols is 1. The lowest BCUT2D eigenvalue weighted by molar-refractivity contribution is 0.0169. The van der Waals surface area contributed by atoms with Crippen molar-refractivity contribution in [2.75, 3.05) is 100 Å². The second-order valence-electron chi connectivity index (χ2n) is 15.9. The van der Waals surface area contributed by atoms with Crippen molar-refractivity contribution in [2.45, 2.75) is 37.6 Å². The maximum Gasteiger partial charge on any atom is 0.254 e. The number of morpholine rings is 1. The Kier molecular flexibility index (Phi) is 8.03. The van der Waals surface area contributed by atoms with E-state index in [-0.39, 0.29) is 17.8 Å². The number of benzene rings is 2. The summed E-state index contributed by atoms with van der Waals surface area (Å²) in [5.74, 6) is 3.68. The molecule has 7 aliphatic rings. The van der Waals surface area contributed by atoms with Crippen LogP contribution >= 0.6 is 0 Å². The highest BCUT2D eigenvalue weighted by molar-refractivity contribution is 5.99. The van der Waals surface area contributed by atoms with Crippen LogP contribution in [0.5, 0.6) is 5.75 Å². The first-order chi connectivity index (χ1) is 25.1. The van der Waals surface area contributed by atoms with Crippen molar-refractivity contribution in [3.8, 4) is 17.0 Å². The van der Waals surface area contributed by atoms with Gasteiger partial charge in [-0.25, -0.2) is 0 Å². The molecule has 51 heavy (non-hydrogen) atoms. The number of para-hydroxylation sites is 1. The van der Waals surface area contributed by atoms with Gasteiger partial charge in [-0.3, -0.25) is 9.69 Å². The quantitative estimate of drug-likeness (QED) is 0.340. The summed E-state index contributed by atoms with van der Waals surface area (Å²) in [4.78, 5) is 25.6. The maximum atomic E-state index is 13.2. The number of fused-ring (bicyclic) bond motifs is 5. The number of piperazine rings is 1. The van der Waals surface area contributed by atoms with Gasteiger partial charge in [-0.1, -0.05) is 12.1 Å². The van der Waals surface area contributed by atoms with Gasteiger partial charge >= 0.3 is 0 Å². The molecule has 0 bridgehead atoms. The molecule has 6 atom stereocenters. The summed E-state index contributed by atoms with van der Waals surface area (Å²) >= 11 is 0. The molecule has 12 heteroatoms. The first kappa shape index (κ1) is 31.7. The van der Waals surface area contributed by atoms with E-state index >= 15 is 0 Å². The smallest absolute Gasteiger partial charge is 0.254 e. The zero-order valence-corrected chi connectivity index (χ0v) is 29.3. The Balaban J connectivity index is 0.708. The van der Waals surface area contributed by atoms with Crippen LogP contribution in [0.4, 0.5) is 17.2 Å². The molecule has 0 spiro atoms. The third kappa shape index (κ3) is 5.90. The lowest BCUT2D eigenvalue weighted by Crippen LogP contribution is -2.58. The largest absolute Gasteiger partial charge is 0.507 e. The minimum Gasteiger partial charge on any atom is -0.507 e. The fourth-order valence-electron chi connectivity index (χ4n) is 10.1. The number of phenolic OH excluding ortho intramolecular Hbond substituents is 1. The van der Waals surface area contributed by atoms with Gasteiger partial charge in [0.15, 0.2) is 5.82 Å². The maximum absolute atomic E-state index is 13.2. The average molecular weight is 692 g/mol. The van der Waals surface area contributed by atoms with Gasteiger partial charge in [-0.05, 0) is 79.1 Å². The topological polar surface area (TPSA) is 113 Å². The highest BCUT2D eigenvalue weighted by Crippen LogP contribution is 2.52. The number of carbonyl (C=O) groups is 1. The van der Waals surface area contributed by atoms with Crippen molar-refractivity contribution in [2.24, 2.45) is 17.8 Å². The summed E-state index contributed by atoms with van der Waals surface area (Å²) in [5.41, 5.74) is 5.80. The van der Waals surface area contributed by atoms with E-state index in [1.165, 1.54) is 30.9 Å². The van der Waals surface area contributed by atoms with Gasteiger partial charge in [0.25, 0.3) is 5.91 Å². The molecule has 5 fully saturated rings. The number of rotatable bonds is 7. The van der Waals surface area contributed by atoms with Crippen LogP contribution in [-0.2, 0) is 11.3 Å². The summed E-state index contributed by atoms with van der Waals surface area (Å²) in [5, 5.41) is 26.3. The number of ether oxygens (including phenoxy) is 1. The summed E-state index contributed by atoms with van der Waals surface area (Å²) < 4.78 is 6.32. The van der Waals surface area contributed by atoms with Gasteiger partial charge in [0.2, 0.25) is 0 Å². The second-order valence-corrected chi connectivity index (χ2v) is 15.9. The molecule has 1 saturated carbocycles. The van der Waals surface area contributed by atoms with Crippen molar-refractivity contribution in [3.63, 3.8) is 0 Å². The molecule has 2 unspecified atom stereocenters. The van der Waals surface area contributed by atoms with E-state index < -0.39 is 0 Å². The summed E-state index contributed by atoms with van der Waals surface area (Å²) in [7, 11) is 0. The monoisotopic (exact) mass is 691 g/mol. The highest BCUT2D eigenvalue weighted by atomic mass is 16.5. The number of nitrogens with zero attached hydrogens (tertiary/aromatic N) is 7. The normalized spacial score (nSPS) is 30.4. The van der Waals surface area contributed by atoms with Crippen molar-refractivity contribution in [1.82, 2.24) is 30.2 Å². The molecule has 7 heterocycles. The lowest BCUT2D eigenvalue weighted by atomic mass is 10.0. The fraction of sp³-hybridized carbons (Fsp3) is 0.564. The molecular formula is C39H49N9O3. The standard InChI is InChI=1S/C39H49N9O3/c49-37-6-2-1-5-31(37)35-15-36-38(43-42-35)41-17-28-19-44(10-11-47(28)36)22-32-33-23-45(24-34(32)33)20-29-21-46(12-13-51-29)26-7-8-30-25(14-26)18-48(39(30)50)27-4-3-9-40-16-27/h1-2,5-8,14-15,27-29,32-34,40,49H,3-4,9-13,16-24H2,(H,41,43)/t27?,28-,29-,32?,33-,34+/m0/s1. The lowest BCUT2D eigenvalue weighted by Gasteiger charge is -2.46. The Bertz CT molecular complexity index is 1790. The number of aromatic hydroxyl groups is 1. The molecule has 6 aliphatic heterocycles. The summed E-state index contributed by atoms with van der Waals surface area (Å²) in [6.07, 6.45) is 2.44. The Morgan fingerprint density at radius 3 is 2.63 bits per heavy atom. The van der Waals surface area contributed by atoms with Crippen LogP contribution in [0.2, 0.25) is 0 Å². The predicted octanol–water partition coefficient (Wildman–Crippen LogP) is 2.56. The molecule has 0 radical (unpaired) electrons. The minimum atomic E-state index is 0.200. The van der Waals surface area contributed by atoms with E-state index in [4.69, 9.17) is 4.74 Å². The minimum absolute atomic E-state index is 0.200. The molecule has 3 aromatic rings. The van der Waals surface area contributed by atoms with E-state index in [0.29, 0.717) is 23.3 Å². The number of hydrogen-bond acceptors (Lipinski definition) is 11. The fourth-order valence-corrected chi connectivity index (χ4v) is 10.1. The Hall–Kier alpha value is -3.97. The zero-order chi connectivity index (χ0) is 34.1. The number of hydrogen-bond donors (Lipinski definition) is 3. The summed E-state index contributed by atoms with van der Waals surface area (Å²) in [6.45, 7) is 13.8. The number of amides is 1. The molecule has 1 aromatic heterocycles. The molecule has 268 valence electrons. The van der Waals surface area contributed by atoms with Gasteiger partial charge in [-0.15, -0.1) is 10.2 Å². The van der Waals surface area contributed by atoms with Crippen LogP contribution in [0.15, 0.2) is 48.5 Å². The molecule has 1 amide bonds. The molecule has 10 rings (SSSR count). The third-order valence-corrected chi connectivity index (χ3v) is 12.8. The van der Waals surface area contributed by atoms with Gasteiger partial charge in [0.1, 0.15) is 5.75 Å². The number of nitrogens with one attached hydrogen (secondary N) is 2. The molecule has 2 aromatic carbocycles. The number of carbonyl (C=O) groups excluding carboxylic acids is 1. The third-order valence-electron chi connectivity index (χ3n) is 12.8. The van der Waals surface area contributed by atoms with Crippen LogP contribution in [0.25, 0.3) is 11.3 Å². The molecule has 1 aliphatic carbocycles. The molecule has 12 nitrogen and oxygen atoms in total. The Labute approximate surface area is 299 Å². The second kappa shape index (κ2) is 12.9. The molecule has 4 saturated heterocycles. The van der Waals surface area contributed by atoms with E-state index in [9.17, 15) is 9.90 Å². The Morgan fingerprint density at radius 1 is 0.863 bits per heavy atom. The molecular weight excluding hydrogens is 642 g/mol. The predicted molar refractivity (Wildman–Crippen MR) is 196 cm³/mol. The van der Waals surface area contributed by atoms with Crippen LogP contribution in [-0.4, -0.2) is 139 Å². The first-order valence-electron chi connectivity index (χ1n) is 19.2. The molecule has 3 N–H and O–H groups in total. The van der Waals surface area contributed by atoms with Crippen molar-refractivity contribution in [1.29, 1.82) is 0 Å². The number of piperidine rings is 2. The number of anilines is 3. The van der Waals surface area contributed by atoms with Gasteiger partial charge < -0.3 is 40.1 Å². The van der Waals surface area contributed by atoms with Crippen molar-refractivity contribution >= 4 is 23.1 Å². The van der Waals surface area contributed by atoms with E-state index in [2.05, 4.69) is 69.6 Å². The zero-order valence-electron chi connectivity index (χ0n) is 29.3. The van der Waals surface area contributed by atoms with Crippen LogP contribution < -0.4 is 20.4 Å². The van der Waals surface area contributed by atoms with Crippen LogP contribution in [0, 0.1) is 17.8 Å². The van der Waals surface area contributed by atoms with Gasteiger partial charge in [-0.2, -0.15) is 0 Å². The van der Waals surface area contributed by atoms with Gasteiger partial charge in [0.05, 0.1) is 30.1 Å². The van der Waals surface area contributed by atoms with Crippen LogP contribution in [0.1, 0.15) is 28.8 Å². The van der Waals surface area contributed by atoms with E-state index in [1.54, 1.807) is 6.07 Å². The van der Waals surface area contributed by atoms with Crippen LogP contribution in [0.3, 0.4) is 0 Å². The first-order valence-corrected chi connectivity index (χ1v) is 19.2. The number of aromatic nitrogens is 2. The van der Waals surface area contributed by atoms with E-state index in [1.807, 2.05) is 18.2 Å². The number of likely N-dealkylation sites (tertiary alicyclic amines) is 1. The highest BCUT2D eigenvalue weighted by Gasteiger charge is 2.56. The average Bonchev–Trinajstić information content (AvgIpc) is 3.44. The van der Waals surface area contributed by atoms with Crippen molar-refractivity contribution in [3.05, 3.63) is 59.7 Å². The SMILES string of the molecule is O=C1c2ccc(N3CCO[C@@H](CN4C[C@@H]5C(CN6CCN7c8cc(-c9ccccc9O)nnc8NC[C@H]7C6)[C@@H]5C4)C3)cc2CN1C1CCCNC1. The van der Waals surface area contributed by atoms with Crippen molar-refractivity contribution < 1.29 is 14.6 Å². The van der Waals surface area contributed by atoms with Gasteiger partial charge in [0, 0.05) is 101 Å². The Morgan fingerprint density at radius 2 is 1.76 bits per heavy atom.